The number of halogens is 1. The molecule has 0 bridgehead atoms. The number of aromatic nitrogens is 2. The molecule has 0 radical (unpaired) electrons. The highest BCUT2D eigenvalue weighted by Crippen LogP contribution is 2.23. The minimum Gasteiger partial charge on any atom is -0.392 e. The van der Waals surface area contributed by atoms with Gasteiger partial charge in [0.1, 0.15) is 0 Å². The first-order chi connectivity index (χ1) is 7.79. The molecule has 1 heterocycles. The number of aliphatic hydroxyl groups excluding tert-OH is 1. The molecule has 0 fully saturated rings. The highest BCUT2D eigenvalue weighted by Gasteiger charge is 2.02. The number of hydrogen-bond donors (Lipinski definition) is 3. The molecular weight excluding hydrogens is 226 g/mol. The van der Waals surface area contributed by atoms with Gasteiger partial charge in [-0.15, -0.1) is 0 Å². The molecule has 0 aliphatic rings. The molecule has 0 aliphatic heterocycles. The third kappa shape index (κ3) is 2.53. The van der Waals surface area contributed by atoms with Crippen molar-refractivity contribution in [3.8, 4) is 0 Å². The van der Waals surface area contributed by atoms with Crippen LogP contribution in [0.15, 0.2) is 30.5 Å². The standard InChI is InChI=1S/C11H12ClN3O/c12-10-2-1-8(7-16)5-11(10)13-6-9-3-4-14-15-9/h1-5,13,16H,6-7H2,(H,14,15). The van der Waals surface area contributed by atoms with E-state index in [0.717, 1.165) is 16.9 Å². The smallest absolute Gasteiger partial charge is 0.0682 e. The van der Waals surface area contributed by atoms with Crippen LogP contribution in [0.2, 0.25) is 5.02 Å². The fourth-order valence-corrected chi connectivity index (χ4v) is 1.56. The van der Waals surface area contributed by atoms with Crippen molar-refractivity contribution in [1.29, 1.82) is 0 Å². The fraction of sp³-hybridized carbons (Fsp3) is 0.182. The van der Waals surface area contributed by atoms with Crippen LogP contribution in [0, 0.1) is 0 Å². The van der Waals surface area contributed by atoms with Crippen LogP contribution < -0.4 is 5.32 Å². The van der Waals surface area contributed by atoms with Crippen molar-refractivity contribution >= 4 is 17.3 Å². The molecule has 0 unspecified atom stereocenters. The predicted molar refractivity (Wildman–Crippen MR) is 63.3 cm³/mol. The molecule has 2 aromatic rings. The van der Waals surface area contributed by atoms with Gasteiger partial charge in [-0.2, -0.15) is 5.10 Å². The molecule has 3 N–H and O–H groups in total. The molecule has 84 valence electrons. The van der Waals surface area contributed by atoms with Crippen LogP contribution >= 0.6 is 11.6 Å². The van der Waals surface area contributed by atoms with Gasteiger partial charge in [-0.25, -0.2) is 0 Å². The summed E-state index contributed by atoms with van der Waals surface area (Å²) in [5.74, 6) is 0. The Morgan fingerprint density at radius 1 is 1.38 bits per heavy atom. The second kappa shape index (κ2) is 5.01. The number of H-pyrrole nitrogens is 1. The minimum atomic E-state index is 0.00983. The Hall–Kier alpha value is -1.52. The molecule has 0 saturated heterocycles. The zero-order valence-electron chi connectivity index (χ0n) is 8.57. The second-order valence-corrected chi connectivity index (χ2v) is 3.81. The molecule has 0 spiro atoms. The summed E-state index contributed by atoms with van der Waals surface area (Å²) in [5, 5.41) is 19.5. The monoisotopic (exact) mass is 237 g/mol. The number of rotatable bonds is 4. The first-order valence-electron chi connectivity index (χ1n) is 4.91. The molecule has 0 atom stereocenters. The molecule has 16 heavy (non-hydrogen) atoms. The zero-order chi connectivity index (χ0) is 11.4. The Bertz CT molecular complexity index is 456. The molecule has 4 nitrogen and oxygen atoms in total. The summed E-state index contributed by atoms with van der Waals surface area (Å²) < 4.78 is 0. The van der Waals surface area contributed by atoms with Crippen molar-refractivity contribution in [2.45, 2.75) is 13.2 Å². The Balaban J connectivity index is 2.08. The predicted octanol–water partition coefficient (Wildman–Crippen LogP) is 2.17. The van der Waals surface area contributed by atoms with E-state index >= 15 is 0 Å². The third-order valence-electron chi connectivity index (χ3n) is 2.24. The van der Waals surface area contributed by atoms with Gasteiger partial charge in [-0.3, -0.25) is 5.10 Å². The molecule has 0 amide bonds. The summed E-state index contributed by atoms with van der Waals surface area (Å²) >= 11 is 6.02. The lowest BCUT2D eigenvalue weighted by molar-refractivity contribution is 0.282. The van der Waals surface area contributed by atoms with Crippen LogP contribution in [-0.4, -0.2) is 15.3 Å². The van der Waals surface area contributed by atoms with Gasteiger partial charge < -0.3 is 10.4 Å². The van der Waals surface area contributed by atoms with Crippen molar-refractivity contribution in [3.05, 3.63) is 46.7 Å². The topological polar surface area (TPSA) is 60.9 Å². The van der Waals surface area contributed by atoms with E-state index in [4.69, 9.17) is 16.7 Å². The number of nitrogens with zero attached hydrogens (tertiary/aromatic N) is 1. The number of aromatic amines is 1. The van der Waals surface area contributed by atoms with E-state index < -0.39 is 0 Å². The minimum absolute atomic E-state index is 0.00983. The van der Waals surface area contributed by atoms with Crippen LogP contribution in [0.5, 0.6) is 0 Å². The zero-order valence-corrected chi connectivity index (χ0v) is 9.33. The Morgan fingerprint density at radius 2 is 2.25 bits per heavy atom. The molecule has 0 saturated carbocycles. The van der Waals surface area contributed by atoms with Gasteiger partial charge >= 0.3 is 0 Å². The lowest BCUT2D eigenvalue weighted by atomic mass is 10.2. The van der Waals surface area contributed by atoms with Crippen LogP contribution in [0.1, 0.15) is 11.3 Å². The highest BCUT2D eigenvalue weighted by molar-refractivity contribution is 6.33. The van der Waals surface area contributed by atoms with Crippen LogP contribution in [0.4, 0.5) is 5.69 Å². The van der Waals surface area contributed by atoms with E-state index in [-0.39, 0.29) is 6.61 Å². The average Bonchev–Trinajstić information content (AvgIpc) is 2.81. The van der Waals surface area contributed by atoms with Gasteiger partial charge in [-0.1, -0.05) is 17.7 Å². The van der Waals surface area contributed by atoms with Crippen molar-refractivity contribution in [2.24, 2.45) is 0 Å². The van der Waals surface area contributed by atoms with Gasteiger partial charge in [0.15, 0.2) is 0 Å². The molecule has 0 aliphatic carbocycles. The van der Waals surface area contributed by atoms with Crippen molar-refractivity contribution in [3.63, 3.8) is 0 Å². The van der Waals surface area contributed by atoms with E-state index in [1.165, 1.54) is 0 Å². The number of hydrogen-bond acceptors (Lipinski definition) is 3. The second-order valence-electron chi connectivity index (χ2n) is 3.41. The van der Waals surface area contributed by atoms with Crippen molar-refractivity contribution < 1.29 is 5.11 Å². The van der Waals surface area contributed by atoms with E-state index in [1.54, 1.807) is 18.3 Å². The van der Waals surface area contributed by atoms with Crippen LogP contribution in [0.25, 0.3) is 0 Å². The van der Waals surface area contributed by atoms with Crippen LogP contribution in [0.3, 0.4) is 0 Å². The maximum atomic E-state index is 9.02. The first-order valence-corrected chi connectivity index (χ1v) is 5.29. The highest BCUT2D eigenvalue weighted by atomic mass is 35.5. The first kappa shape index (κ1) is 11.0. The van der Waals surface area contributed by atoms with E-state index in [0.29, 0.717) is 11.6 Å². The molecule has 5 heteroatoms. The molecular formula is C11H12ClN3O. The number of anilines is 1. The summed E-state index contributed by atoms with van der Waals surface area (Å²) in [7, 11) is 0. The summed E-state index contributed by atoms with van der Waals surface area (Å²) in [4.78, 5) is 0. The van der Waals surface area contributed by atoms with E-state index in [2.05, 4.69) is 15.5 Å². The quantitative estimate of drug-likeness (QED) is 0.764. The third-order valence-corrected chi connectivity index (χ3v) is 2.57. The molecule has 1 aromatic carbocycles. The summed E-state index contributed by atoms with van der Waals surface area (Å²) in [5.41, 5.74) is 2.62. The van der Waals surface area contributed by atoms with Gasteiger partial charge in [0, 0.05) is 6.20 Å². The Labute approximate surface area is 98.3 Å². The number of nitrogens with one attached hydrogen (secondary N) is 2. The largest absolute Gasteiger partial charge is 0.392 e. The van der Waals surface area contributed by atoms with Gasteiger partial charge in [0.25, 0.3) is 0 Å². The Kier molecular flexibility index (Phi) is 3.44. The lowest BCUT2D eigenvalue weighted by Crippen LogP contribution is -2.01. The maximum absolute atomic E-state index is 9.02. The van der Waals surface area contributed by atoms with Crippen LogP contribution in [-0.2, 0) is 13.2 Å². The van der Waals surface area contributed by atoms with Crippen molar-refractivity contribution in [1.82, 2.24) is 10.2 Å². The maximum Gasteiger partial charge on any atom is 0.0682 e. The molecule has 1 aromatic heterocycles. The van der Waals surface area contributed by atoms with Gasteiger partial charge in [-0.05, 0) is 23.8 Å². The number of benzene rings is 1. The summed E-state index contributed by atoms with van der Waals surface area (Å²) in [6.07, 6.45) is 1.70. The summed E-state index contributed by atoms with van der Waals surface area (Å²) in [6.45, 7) is 0.629. The Morgan fingerprint density at radius 3 is 2.94 bits per heavy atom. The molecule has 2 rings (SSSR count). The lowest BCUT2D eigenvalue weighted by Gasteiger charge is -2.08. The van der Waals surface area contributed by atoms with Gasteiger partial charge in [0.05, 0.1) is 29.6 Å². The average molecular weight is 238 g/mol. The fourth-order valence-electron chi connectivity index (χ4n) is 1.38. The normalized spacial score (nSPS) is 10.4. The van der Waals surface area contributed by atoms with E-state index in [1.807, 2.05) is 12.1 Å². The van der Waals surface area contributed by atoms with Gasteiger partial charge in [0.2, 0.25) is 0 Å². The number of aliphatic hydroxyl groups is 1. The van der Waals surface area contributed by atoms with E-state index in [9.17, 15) is 0 Å². The SMILES string of the molecule is OCc1ccc(Cl)c(NCc2ccn[nH]2)c1. The summed E-state index contributed by atoms with van der Waals surface area (Å²) in [6, 6.07) is 7.28. The van der Waals surface area contributed by atoms with Crippen molar-refractivity contribution in [2.75, 3.05) is 5.32 Å².